The van der Waals surface area contributed by atoms with Crippen LogP contribution in [-0.4, -0.2) is 12.1 Å². The van der Waals surface area contributed by atoms with Crippen LogP contribution in [0.2, 0.25) is 10.0 Å². The highest BCUT2D eigenvalue weighted by molar-refractivity contribution is 7.10. The maximum atomic E-state index is 12.2. The molecule has 0 aliphatic heterocycles. The average Bonchev–Trinajstić information content (AvgIpc) is 3.18. The lowest BCUT2D eigenvalue weighted by Crippen LogP contribution is -2.16. The fourth-order valence-corrected chi connectivity index (χ4v) is 3.88. The van der Waals surface area contributed by atoms with Crippen LogP contribution in [0.1, 0.15) is 39.7 Å². The molecule has 0 radical (unpaired) electrons. The van der Waals surface area contributed by atoms with Crippen molar-refractivity contribution in [3.05, 3.63) is 85.5 Å². The number of hydrazone groups is 1. The molecule has 0 aliphatic carbocycles. The number of nitrogens with zero attached hydrogens (tertiary/aromatic N) is 1. The quantitative estimate of drug-likeness (QED) is 0.323. The number of rotatable bonds is 8. The van der Waals surface area contributed by atoms with E-state index in [1.165, 1.54) is 4.88 Å². The molecule has 1 heterocycles. The monoisotopic (exact) mass is 446 g/mol. The normalized spacial score (nSPS) is 11.0. The number of ether oxygens (including phenoxy) is 1. The van der Waals surface area contributed by atoms with E-state index in [9.17, 15) is 4.79 Å². The summed E-state index contributed by atoms with van der Waals surface area (Å²) in [6, 6.07) is 14.7. The third kappa shape index (κ3) is 6.32. The zero-order valence-corrected chi connectivity index (χ0v) is 18.2. The Bertz CT molecular complexity index is 1020. The van der Waals surface area contributed by atoms with Crippen molar-refractivity contribution in [3.8, 4) is 5.75 Å². The van der Waals surface area contributed by atoms with E-state index < -0.39 is 0 Å². The molecule has 150 valence electrons. The first-order valence-electron chi connectivity index (χ1n) is 9.12. The van der Waals surface area contributed by atoms with E-state index in [4.69, 9.17) is 27.9 Å². The lowest BCUT2D eigenvalue weighted by atomic mass is 10.2. The lowest BCUT2D eigenvalue weighted by molar-refractivity contribution is 0.0955. The van der Waals surface area contributed by atoms with Gasteiger partial charge in [0.05, 0.1) is 21.8 Å². The van der Waals surface area contributed by atoms with Crippen LogP contribution in [0.5, 0.6) is 5.75 Å². The molecule has 0 saturated heterocycles. The Hall–Kier alpha value is -2.34. The van der Waals surface area contributed by atoms with Crippen LogP contribution in [-0.2, 0) is 13.0 Å². The van der Waals surface area contributed by atoms with Crippen molar-refractivity contribution in [2.75, 3.05) is 0 Å². The van der Waals surface area contributed by atoms with E-state index in [1.54, 1.807) is 29.7 Å². The molecular formula is C22H20Cl2N2O2S. The van der Waals surface area contributed by atoms with E-state index in [2.05, 4.69) is 17.5 Å². The molecule has 1 aromatic heterocycles. The molecule has 0 aliphatic rings. The molecule has 29 heavy (non-hydrogen) atoms. The Kier molecular flexibility index (Phi) is 7.69. The van der Waals surface area contributed by atoms with E-state index >= 15 is 0 Å². The number of halogens is 2. The molecule has 7 heteroatoms. The minimum atomic E-state index is -0.216. The average molecular weight is 447 g/mol. The first kappa shape index (κ1) is 21.4. The Balaban J connectivity index is 1.55. The van der Waals surface area contributed by atoms with Crippen molar-refractivity contribution < 1.29 is 9.53 Å². The first-order valence-corrected chi connectivity index (χ1v) is 10.8. The summed E-state index contributed by atoms with van der Waals surface area (Å²) >= 11 is 13.5. The zero-order valence-electron chi connectivity index (χ0n) is 15.8. The third-order valence-electron chi connectivity index (χ3n) is 4.04. The van der Waals surface area contributed by atoms with Crippen LogP contribution in [0, 0.1) is 0 Å². The number of aryl methyl sites for hydroxylation is 1. The molecule has 3 rings (SSSR count). The Labute approximate surface area is 184 Å². The van der Waals surface area contributed by atoms with Gasteiger partial charge in [0.25, 0.3) is 5.91 Å². The molecule has 3 aromatic rings. The van der Waals surface area contributed by atoms with Crippen molar-refractivity contribution in [3.63, 3.8) is 0 Å². The molecule has 0 atom stereocenters. The van der Waals surface area contributed by atoms with Gasteiger partial charge >= 0.3 is 0 Å². The molecule has 0 unspecified atom stereocenters. The largest absolute Gasteiger partial charge is 0.489 e. The highest BCUT2D eigenvalue weighted by Crippen LogP contribution is 2.23. The first-order chi connectivity index (χ1) is 14.0. The Morgan fingerprint density at radius 3 is 2.83 bits per heavy atom. The maximum Gasteiger partial charge on any atom is 0.272 e. The standard InChI is InChI=1S/C22H20Cl2N2O2S/c1-2-4-19-11-17(14-29-19)22(27)26-25-12-15-5-3-6-18(9-15)28-13-16-7-8-20(23)21(24)10-16/h3,5-12,14H,2,4,13H2,1H3,(H,26,27)/b25-12+. The minimum absolute atomic E-state index is 0.216. The summed E-state index contributed by atoms with van der Waals surface area (Å²) in [5.74, 6) is 0.472. The second-order valence-corrected chi connectivity index (χ2v) is 8.17. The molecule has 0 bridgehead atoms. The fraction of sp³-hybridized carbons (Fsp3) is 0.182. The van der Waals surface area contributed by atoms with Crippen molar-refractivity contribution in [2.24, 2.45) is 5.10 Å². The predicted octanol–water partition coefficient (Wildman–Crippen LogP) is 6.35. The van der Waals surface area contributed by atoms with Crippen molar-refractivity contribution in [1.29, 1.82) is 0 Å². The number of amides is 1. The highest BCUT2D eigenvalue weighted by atomic mass is 35.5. The number of hydrogen-bond acceptors (Lipinski definition) is 4. The van der Waals surface area contributed by atoms with E-state index in [0.717, 1.165) is 24.0 Å². The Morgan fingerprint density at radius 2 is 2.03 bits per heavy atom. The van der Waals surface area contributed by atoms with Crippen LogP contribution in [0.15, 0.2) is 59.0 Å². The van der Waals surface area contributed by atoms with Gasteiger partial charge in [-0.3, -0.25) is 4.79 Å². The van der Waals surface area contributed by atoms with Gasteiger partial charge in [0, 0.05) is 10.3 Å². The summed E-state index contributed by atoms with van der Waals surface area (Å²) in [6.07, 6.45) is 3.63. The lowest BCUT2D eigenvalue weighted by Gasteiger charge is -2.08. The van der Waals surface area contributed by atoms with Gasteiger partial charge in [-0.05, 0) is 47.9 Å². The molecule has 1 amide bonds. The number of hydrogen-bond donors (Lipinski definition) is 1. The van der Waals surface area contributed by atoms with Gasteiger partial charge in [-0.2, -0.15) is 5.10 Å². The van der Waals surface area contributed by atoms with Gasteiger partial charge in [-0.25, -0.2) is 5.43 Å². The summed E-state index contributed by atoms with van der Waals surface area (Å²) in [5, 5.41) is 6.91. The van der Waals surface area contributed by atoms with Crippen molar-refractivity contribution in [2.45, 2.75) is 26.4 Å². The maximum absolute atomic E-state index is 12.2. The summed E-state index contributed by atoms with van der Waals surface area (Å²) in [4.78, 5) is 13.4. The van der Waals surface area contributed by atoms with Crippen LogP contribution in [0.25, 0.3) is 0 Å². The van der Waals surface area contributed by atoms with Crippen LogP contribution in [0.3, 0.4) is 0 Å². The second-order valence-electron chi connectivity index (χ2n) is 6.36. The molecular weight excluding hydrogens is 427 g/mol. The molecule has 0 fully saturated rings. The minimum Gasteiger partial charge on any atom is -0.489 e. The summed E-state index contributed by atoms with van der Waals surface area (Å²) < 4.78 is 5.80. The van der Waals surface area contributed by atoms with Crippen LogP contribution < -0.4 is 10.2 Å². The number of thiophene rings is 1. The summed E-state index contributed by atoms with van der Waals surface area (Å²) in [5.41, 5.74) is 4.93. The van der Waals surface area contributed by atoms with Gasteiger partial charge in [0.2, 0.25) is 0 Å². The summed E-state index contributed by atoms with van der Waals surface area (Å²) in [6.45, 7) is 2.48. The molecule has 2 aromatic carbocycles. The number of carbonyl (C=O) groups excluding carboxylic acids is 1. The molecule has 1 N–H and O–H groups in total. The van der Waals surface area contributed by atoms with E-state index in [-0.39, 0.29) is 5.91 Å². The number of benzene rings is 2. The van der Waals surface area contributed by atoms with Gasteiger partial charge < -0.3 is 4.74 Å². The smallest absolute Gasteiger partial charge is 0.272 e. The van der Waals surface area contributed by atoms with Gasteiger partial charge in [-0.15, -0.1) is 11.3 Å². The molecule has 4 nitrogen and oxygen atoms in total. The van der Waals surface area contributed by atoms with Gasteiger partial charge in [-0.1, -0.05) is 54.7 Å². The highest BCUT2D eigenvalue weighted by Gasteiger charge is 2.07. The van der Waals surface area contributed by atoms with Crippen molar-refractivity contribution in [1.82, 2.24) is 5.43 Å². The van der Waals surface area contributed by atoms with Crippen LogP contribution in [0.4, 0.5) is 0 Å². The fourth-order valence-electron chi connectivity index (χ4n) is 2.59. The van der Waals surface area contributed by atoms with E-state index in [0.29, 0.717) is 28.0 Å². The number of nitrogens with one attached hydrogen (secondary N) is 1. The SMILES string of the molecule is CCCc1cc(C(=O)N/N=C/c2cccc(OCc3ccc(Cl)c(Cl)c3)c2)cs1. The van der Waals surface area contributed by atoms with Crippen molar-refractivity contribution >= 4 is 46.7 Å². The molecule has 0 spiro atoms. The van der Waals surface area contributed by atoms with Gasteiger partial charge in [0.1, 0.15) is 12.4 Å². The zero-order chi connectivity index (χ0) is 20.6. The Morgan fingerprint density at radius 1 is 1.17 bits per heavy atom. The van der Waals surface area contributed by atoms with Crippen LogP contribution >= 0.6 is 34.5 Å². The predicted molar refractivity (Wildman–Crippen MR) is 121 cm³/mol. The second kappa shape index (κ2) is 10.4. The summed E-state index contributed by atoms with van der Waals surface area (Å²) in [7, 11) is 0. The molecule has 0 saturated carbocycles. The number of carbonyl (C=O) groups is 1. The van der Waals surface area contributed by atoms with Gasteiger partial charge in [0.15, 0.2) is 0 Å². The third-order valence-corrected chi connectivity index (χ3v) is 5.78. The topological polar surface area (TPSA) is 50.7 Å². The van der Waals surface area contributed by atoms with E-state index in [1.807, 2.05) is 41.8 Å².